The van der Waals surface area contributed by atoms with Crippen molar-refractivity contribution in [3.8, 4) is 0 Å². The molecule has 0 unspecified atom stereocenters. The third kappa shape index (κ3) is 5.30. The maximum Gasteiger partial charge on any atom is 0.307 e. The third-order valence-electron chi connectivity index (χ3n) is 11.0. The van der Waals surface area contributed by atoms with Crippen LogP contribution < -0.4 is 0 Å². The van der Waals surface area contributed by atoms with Crippen LogP contribution in [0, 0.1) is 46.3 Å². The fourth-order valence-corrected chi connectivity index (χ4v) is 9.58. The van der Waals surface area contributed by atoms with Gasteiger partial charge in [-0.15, -0.1) is 0 Å². The van der Waals surface area contributed by atoms with Gasteiger partial charge >= 0.3 is 5.97 Å². The molecule has 0 heterocycles. The summed E-state index contributed by atoms with van der Waals surface area (Å²) in [7, 11) is 0. The summed E-state index contributed by atoms with van der Waals surface area (Å²) >= 11 is 2.32. The molecule has 3 saturated carbocycles. The molecule has 4 aliphatic rings. The highest BCUT2D eigenvalue weighted by atomic mass is 127. The van der Waals surface area contributed by atoms with E-state index in [0.29, 0.717) is 21.2 Å². The Morgan fingerprint density at radius 2 is 1.82 bits per heavy atom. The Morgan fingerprint density at radius 1 is 1.06 bits per heavy atom. The van der Waals surface area contributed by atoms with Crippen LogP contribution >= 0.6 is 22.6 Å². The Labute approximate surface area is 224 Å². The number of halogens is 1. The van der Waals surface area contributed by atoms with E-state index < -0.39 is 0 Å². The monoisotopic (exact) mass is 582 g/mol. The minimum Gasteiger partial charge on any atom is -0.462 e. The number of hydrogen-bond acceptors (Lipinski definition) is 2. The molecule has 0 aromatic carbocycles. The number of allylic oxidation sites excluding steroid dienone is 1. The molecule has 0 bridgehead atoms. The van der Waals surface area contributed by atoms with Crippen LogP contribution in [0.25, 0.3) is 0 Å². The summed E-state index contributed by atoms with van der Waals surface area (Å²) in [5.74, 6) is 5.28. The number of esters is 1. The Balaban J connectivity index is 1.42. The molecule has 194 valence electrons. The number of fused-ring (bicyclic) bond motifs is 5. The van der Waals surface area contributed by atoms with Gasteiger partial charge in [0.05, 0.1) is 6.42 Å². The maximum absolute atomic E-state index is 12.3. The maximum atomic E-state index is 12.3. The van der Waals surface area contributed by atoms with E-state index in [-0.39, 0.29) is 12.1 Å². The van der Waals surface area contributed by atoms with Crippen molar-refractivity contribution < 1.29 is 9.53 Å². The minimum atomic E-state index is -0.00210. The quantitative estimate of drug-likeness (QED) is 0.123. The molecule has 3 heteroatoms. The predicted molar refractivity (Wildman–Crippen MR) is 151 cm³/mol. The minimum absolute atomic E-state index is 0.00210. The predicted octanol–water partition coefficient (Wildman–Crippen LogP) is 9.15. The molecule has 4 rings (SSSR count). The van der Waals surface area contributed by atoms with Crippen molar-refractivity contribution in [1.29, 1.82) is 0 Å². The van der Waals surface area contributed by atoms with Gasteiger partial charge in [-0.25, -0.2) is 0 Å². The number of hydrogen-bond donors (Lipinski definition) is 0. The summed E-state index contributed by atoms with van der Waals surface area (Å²) in [5, 5.41) is 0. The van der Waals surface area contributed by atoms with Crippen molar-refractivity contribution in [3.63, 3.8) is 0 Å². The Kier molecular flexibility index (Phi) is 8.52. The molecule has 3 fully saturated rings. The molecule has 0 aliphatic heterocycles. The fourth-order valence-electron chi connectivity index (χ4n) is 9.22. The molecular formula is C31H51IO2. The van der Waals surface area contributed by atoms with Gasteiger partial charge < -0.3 is 4.74 Å². The standard InChI is InChI=1S/C31H51IO2/c1-20(2)8-7-9-21(3)26-12-13-27-25-11-10-23-19-24(34-29(33)18-22(4)32)14-16-30(23,5)28(25)15-17-31(26,27)6/h10,20-22,24-28H,7-9,11-19H2,1-6H3/t21-,22+,24-,25+,26-,27+,28+,30-,31+/m0/s1. The van der Waals surface area contributed by atoms with Crippen LogP contribution in [0.2, 0.25) is 0 Å². The van der Waals surface area contributed by atoms with E-state index in [2.05, 4.69) is 70.2 Å². The number of carbonyl (C=O) groups is 1. The van der Waals surface area contributed by atoms with Crippen molar-refractivity contribution in [2.45, 2.75) is 129 Å². The Bertz CT molecular complexity index is 757. The van der Waals surface area contributed by atoms with Gasteiger partial charge in [-0.3, -0.25) is 4.79 Å². The van der Waals surface area contributed by atoms with Gasteiger partial charge in [0.15, 0.2) is 0 Å². The fraction of sp³-hybridized carbons (Fsp3) is 0.903. The molecule has 0 N–H and O–H groups in total. The Hall–Kier alpha value is -0.0600. The van der Waals surface area contributed by atoms with Gasteiger partial charge in [-0.05, 0) is 91.3 Å². The summed E-state index contributed by atoms with van der Waals surface area (Å²) in [6.45, 7) is 14.7. The molecular weight excluding hydrogens is 531 g/mol. The lowest BCUT2D eigenvalue weighted by atomic mass is 9.47. The lowest BCUT2D eigenvalue weighted by molar-refractivity contribution is -0.151. The van der Waals surface area contributed by atoms with Crippen molar-refractivity contribution in [2.24, 2.45) is 46.3 Å². The van der Waals surface area contributed by atoms with E-state index in [4.69, 9.17) is 4.74 Å². The molecule has 0 aromatic heterocycles. The summed E-state index contributed by atoms with van der Waals surface area (Å²) in [6, 6.07) is 0. The second kappa shape index (κ2) is 10.7. The first-order chi connectivity index (χ1) is 16.0. The Morgan fingerprint density at radius 3 is 2.53 bits per heavy atom. The second-order valence-corrected chi connectivity index (χ2v) is 15.8. The summed E-state index contributed by atoms with van der Waals surface area (Å²) in [6.07, 6.45) is 17.8. The molecule has 0 saturated heterocycles. The van der Waals surface area contributed by atoms with Crippen molar-refractivity contribution in [1.82, 2.24) is 0 Å². The highest BCUT2D eigenvalue weighted by molar-refractivity contribution is 14.1. The van der Waals surface area contributed by atoms with Crippen LogP contribution in [-0.4, -0.2) is 16.0 Å². The topological polar surface area (TPSA) is 26.3 Å². The molecule has 4 aliphatic carbocycles. The smallest absolute Gasteiger partial charge is 0.307 e. The van der Waals surface area contributed by atoms with Crippen LogP contribution in [0.15, 0.2) is 11.6 Å². The molecule has 2 nitrogen and oxygen atoms in total. The van der Waals surface area contributed by atoms with Crippen LogP contribution in [0.1, 0.15) is 119 Å². The summed E-state index contributed by atoms with van der Waals surface area (Å²) < 4.78 is 6.27. The van der Waals surface area contributed by atoms with Crippen molar-refractivity contribution in [3.05, 3.63) is 11.6 Å². The molecule has 9 atom stereocenters. The van der Waals surface area contributed by atoms with Gasteiger partial charge in [0.25, 0.3) is 0 Å². The number of rotatable bonds is 8. The molecule has 0 spiro atoms. The van der Waals surface area contributed by atoms with Gasteiger partial charge in [0.2, 0.25) is 0 Å². The number of ether oxygens (including phenoxy) is 1. The van der Waals surface area contributed by atoms with E-state index in [9.17, 15) is 4.79 Å². The van der Waals surface area contributed by atoms with E-state index in [1.807, 2.05) is 0 Å². The highest BCUT2D eigenvalue weighted by Gasteiger charge is 2.59. The second-order valence-electron chi connectivity index (χ2n) is 13.6. The average Bonchev–Trinajstić information content (AvgIpc) is 3.10. The average molecular weight is 583 g/mol. The van der Waals surface area contributed by atoms with E-state index in [1.54, 1.807) is 5.57 Å². The van der Waals surface area contributed by atoms with E-state index >= 15 is 0 Å². The first-order valence-corrected chi connectivity index (χ1v) is 15.8. The molecule has 0 amide bonds. The first kappa shape index (κ1) is 27.0. The molecule has 0 radical (unpaired) electrons. The zero-order valence-electron chi connectivity index (χ0n) is 22.9. The van der Waals surface area contributed by atoms with Crippen LogP contribution in [0.3, 0.4) is 0 Å². The summed E-state index contributed by atoms with van der Waals surface area (Å²) in [5.41, 5.74) is 2.52. The zero-order chi connectivity index (χ0) is 24.7. The largest absolute Gasteiger partial charge is 0.462 e. The third-order valence-corrected chi connectivity index (χ3v) is 11.4. The van der Waals surface area contributed by atoms with Gasteiger partial charge in [-0.2, -0.15) is 0 Å². The van der Waals surface area contributed by atoms with Crippen LogP contribution in [0.4, 0.5) is 0 Å². The van der Waals surface area contributed by atoms with Gasteiger partial charge in [0.1, 0.15) is 6.10 Å². The highest BCUT2D eigenvalue weighted by Crippen LogP contribution is 2.67. The number of alkyl halides is 1. The SMILES string of the molecule is CC(C)CCC[C@H](C)[C@@H]1CC[C@@H]2[C@H]3CC=C4C[C@@H](OC(=O)C[C@@H](C)I)CC[C@]4(C)[C@@H]3CC[C@@]21C. The summed E-state index contributed by atoms with van der Waals surface area (Å²) in [4.78, 5) is 12.3. The molecule has 34 heavy (non-hydrogen) atoms. The zero-order valence-corrected chi connectivity index (χ0v) is 25.0. The first-order valence-electron chi connectivity index (χ1n) is 14.6. The normalized spacial score (nSPS) is 41.2. The molecule has 0 aromatic rings. The van der Waals surface area contributed by atoms with E-state index in [0.717, 1.165) is 48.3 Å². The van der Waals surface area contributed by atoms with Crippen molar-refractivity contribution >= 4 is 28.6 Å². The van der Waals surface area contributed by atoms with E-state index in [1.165, 1.54) is 57.8 Å². The van der Waals surface area contributed by atoms with Crippen molar-refractivity contribution in [2.75, 3.05) is 0 Å². The van der Waals surface area contributed by atoms with Crippen LogP contribution in [0.5, 0.6) is 0 Å². The lowest BCUT2D eigenvalue weighted by Crippen LogP contribution is -2.51. The lowest BCUT2D eigenvalue weighted by Gasteiger charge is -2.58. The van der Waals surface area contributed by atoms with Crippen LogP contribution in [-0.2, 0) is 9.53 Å². The number of carbonyl (C=O) groups excluding carboxylic acids is 1. The van der Waals surface area contributed by atoms with Gasteiger partial charge in [0, 0.05) is 10.3 Å². The van der Waals surface area contributed by atoms with Gasteiger partial charge in [-0.1, -0.05) is 95.0 Å².